The number of amides is 1. The molecule has 4 aliphatic carbocycles. The molecule has 0 aliphatic heterocycles. The predicted octanol–water partition coefficient (Wildman–Crippen LogP) is 3.43. The van der Waals surface area contributed by atoms with Gasteiger partial charge in [-0.05, 0) is 79.5 Å². The third kappa shape index (κ3) is 2.71. The molecule has 5 heteroatoms. The molecular weight excluding hydrogens is 350 g/mol. The van der Waals surface area contributed by atoms with Crippen LogP contribution in [-0.4, -0.2) is 29.1 Å². The monoisotopic (exact) mass is 379 g/mol. The molecule has 0 atom stereocenters. The van der Waals surface area contributed by atoms with Crippen LogP contribution < -0.4 is 10.6 Å². The largest absolute Gasteiger partial charge is 0.395 e. The van der Waals surface area contributed by atoms with Gasteiger partial charge in [0, 0.05) is 18.9 Å². The second-order valence-electron chi connectivity index (χ2n) is 9.07. The van der Waals surface area contributed by atoms with Crippen molar-refractivity contribution in [3.63, 3.8) is 0 Å². The molecule has 28 heavy (non-hydrogen) atoms. The molecular formula is C23H29N3O2. The van der Waals surface area contributed by atoms with Gasteiger partial charge >= 0.3 is 0 Å². The van der Waals surface area contributed by atoms with E-state index in [2.05, 4.69) is 28.8 Å². The number of anilines is 1. The van der Waals surface area contributed by atoms with Crippen LogP contribution in [0.15, 0.2) is 30.3 Å². The van der Waals surface area contributed by atoms with Gasteiger partial charge in [-0.3, -0.25) is 4.79 Å². The van der Waals surface area contributed by atoms with E-state index in [1.54, 1.807) is 6.92 Å². The van der Waals surface area contributed by atoms with Crippen LogP contribution in [0.25, 0.3) is 10.9 Å². The summed E-state index contributed by atoms with van der Waals surface area (Å²) in [5.41, 5.74) is 1.93. The minimum absolute atomic E-state index is 0.0682. The molecule has 6 rings (SSSR count). The molecule has 0 saturated heterocycles. The van der Waals surface area contributed by atoms with Gasteiger partial charge in [-0.2, -0.15) is 0 Å². The van der Waals surface area contributed by atoms with E-state index in [1.165, 1.54) is 37.7 Å². The highest BCUT2D eigenvalue weighted by atomic mass is 16.3. The summed E-state index contributed by atoms with van der Waals surface area (Å²) in [5, 5.41) is 16.8. The topological polar surface area (TPSA) is 74.2 Å². The second-order valence-corrected chi connectivity index (χ2v) is 9.07. The number of benzene rings is 1. The van der Waals surface area contributed by atoms with Crippen LogP contribution in [0.5, 0.6) is 0 Å². The van der Waals surface area contributed by atoms with Gasteiger partial charge in [0.25, 0.3) is 0 Å². The first-order valence-electron chi connectivity index (χ1n) is 10.6. The number of aliphatic hydroxyl groups excluding tert-OH is 1. The van der Waals surface area contributed by atoms with Crippen LogP contribution in [0.2, 0.25) is 0 Å². The minimum Gasteiger partial charge on any atom is -0.395 e. The van der Waals surface area contributed by atoms with Crippen molar-refractivity contribution in [2.24, 2.45) is 23.7 Å². The maximum absolute atomic E-state index is 12.4. The Labute approximate surface area is 165 Å². The van der Waals surface area contributed by atoms with Gasteiger partial charge in [-0.1, -0.05) is 12.1 Å². The van der Waals surface area contributed by atoms with Crippen LogP contribution in [0.4, 0.5) is 5.82 Å². The van der Waals surface area contributed by atoms with E-state index < -0.39 is 0 Å². The van der Waals surface area contributed by atoms with Crippen LogP contribution in [0.1, 0.15) is 44.6 Å². The standard InChI is InChI=1S/C23H29N3O2/c1-14(28)26-23(17-10-15-9-16(12-17)13-18(23)11-15)20-3-2-4-21-19(20)5-6-22(25-21)24-7-8-27/h2-6,15-18,27H,7-13H2,1H3,(H,24,25)(H,26,28). The van der Waals surface area contributed by atoms with Crippen LogP contribution in [-0.2, 0) is 10.3 Å². The summed E-state index contributed by atoms with van der Waals surface area (Å²) in [7, 11) is 0. The summed E-state index contributed by atoms with van der Waals surface area (Å²) in [6.45, 7) is 2.23. The van der Waals surface area contributed by atoms with E-state index >= 15 is 0 Å². The fourth-order valence-corrected chi connectivity index (χ4v) is 6.73. The highest BCUT2D eigenvalue weighted by molar-refractivity contribution is 5.86. The summed E-state index contributed by atoms with van der Waals surface area (Å²) in [6.07, 6.45) is 6.31. The highest BCUT2D eigenvalue weighted by Gasteiger charge is 2.58. The van der Waals surface area contributed by atoms with Crippen molar-refractivity contribution < 1.29 is 9.90 Å². The molecule has 1 amide bonds. The zero-order chi connectivity index (χ0) is 19.3. The van der Waals surface area contributed by atoms with Crippen molar-refractivity contribution in [1.29, 1.82) is 0 Å². The number of carbonyl (C=O) groups excluding carboxylic acids is 1. The van der Waals surface area contributed by atoms with Crippen LogP contribution in [0.3, 0.4) is 0 Å². The average Bonchev–Trinajstić information content (AvgIpc) is 2.68. The number of rotatable bonds is 5. The zero-order valence-electron chi connectivity index (χ0n) is 16.4. The molecule has 4 aliphatic rings. The molecule has 4 saturated carbocycles. The van der Waals surface area contributed by atoms with Crippen molar-refractivity contribution in [2.45, 2.75) is 44.6 Å². The fourth-order valence-electron chi connectivity index (χ4n) is 6.73. The van der Waals surface area contributed by atoms with E-state index in [4.69, 9.17) is 10.1 Å². The molecule has 0 spiro atoms. The van der Waals surface area contributed by atoms with E-state index in [0.717, 1.165) is 28.6 Å². The third-order valence-corrected chi connectivity index (χ3v) is 7.40. The summed E-state index contributed by atoms with van der Waals surface area (Å²) in [5.74, 6) is 3.56. The normalized spacial score (nSPS) is 33.2. The average molecular weight is 380 g/mol. The lowest BCUT2D eigenvalue weighted by Gasteiger charge is -2.61. The van der Waals surface area contributed by atoms with Crippen molar-refractivity contribution in [1.82, 2.24) is 10.3 Å². The number of hydrogen-bond donors (Lipinski definition) is 3. The van der Waals surface area contributed by atoms with E-state index in [1.807, 2.05) is 12.1 Å². The Morgan fingerprint density at radius 3 is 2.46 bits per heavy atom. The zero-order valence-corrected chi connectivity index (χ0v) is 16.4. The number of fused-ring (bicyclic) bond motifs is 1. The van der Waals surface area contributed by atoms with Crippen molar-refractivity contribution in [2.75, 3.05) is 18.5 Å². The molecule has 2 aromatic rings. The lowest BCUT2D eigenvalue weighted by Crippen LogP contribution is -2.63. The van der Waals surface area contributed by atoms with Gasteiger partial charge in [0.15, 0.2) is 0 Å². The number of aromatic nitrogens is 1. The summed E-state index contributed by atoms with van der Waals surface area (Å²) in [4.78, 5) is 17.1. The Hall–Kier alpha value is -2.14. The van der Waals surface area contributed by atoms with Crippen LogP contribution >= 0.6 is 0 Å². The minimum atomic E-state index is -0.263. The predicted molar refractivity (Wildman–Crippen MR) is 110 cm³/mol. The molecule has 4 fully saturated rings. The lowest BCUT2D eigenvalue weighted by molar-refractivity contribution is -0.130. The molecule has 3 N–H and O–H groups in total. The molecule has 1 heterocycles. The van der Waals surface area contributed by atoms with Gasteiger partial charge in [-0.15, -0.1) is 0 Å². The lowest BCUT2D eigenvalue weighted by atomic mass is 9.47. The number of pyridine rings is 1. The molecule has 1 aromatic heterocycles. The number of aliphatic hydroxyl groups is 1. The molecule has 0 unspecified atom stereocenters. The number of hydrogen-bond acceptors (Lipinski definition) is 4. The van der Waals surface area contributed by atoms with Gasteiger partial charge in [-0.25, -0.2) is 4.98 Å². The summed E-state index contributed by atoms with van der Waals surface area (Å²) < 4.78 is 0. The Morgan fingerprint density at radius 1 is 1.11 bits per heavy atom. The maximum atomic E-state index is 12.4. The van der Waals surface area contributed by atoms with Gasteiger partial charge < -0.3 is 15.7 Å². The molecule has 148 valence electrons. The molecule has 4 bridgehead atoms. The summed E-state index contributed by atoms with van der Waals surface area (Å²) >= 11 is 0. The van der Waals surface area contributed by atoms with Crippen molar-refractivity contribution >= 4 is 22.6 Å². The quantitative estimate of drug-likeness (QED) is 0.744. The Balaban J connectivity index is 1.64. The van der Waals surface area contributed by atoms with Gasteiger partial charge in [0.05, 0.1) is 17.7 Å². The maximum Gasteiger partial charge on any atom is 0.217 e. The number of carbonyl (C=O) groups is 1. The highest BCUT2D eigenvalue weighted by Crippen LogP contribution is 2.62. The Morgan fingerprint density at radius 2 is 1.82 bits per heavy atom. The summed E-state index contributed by atoms with van der Waals surface area (Å²) in [6, 6.07) is 10.4. The van der Waals surface area contributed by atoms with Crippen molar-refractivity contribution in [3.05, 3.63) is 35.9 Å². The molecule has 0 radical (unpaired) electrons. The van der Waals surface area contributed by atoms with Gasteiger partial charge in [0.2, 0.25) is 5.91 Å². The van der Waals surface area contributed by atoms with E-state index in [0.29, 0.717) is 18.4 Å². The number of nitrogens with zero attached hydrogens (tertiary/aromatic N) is 1. The first-order chi connectivity index (χ1) is 13.6. The van der Waals surface area contributed by atoms with Crippen molar-refractivity contribution in [3.8, 4) is 0 Å². The molecule has 1 aromatic carbocycles. The number of nitrogens with one attached hydrogen (secondary N) is 2. The first kappa shape index (κ1) is 17.9. The van der Waals surface area contributed by atoms with Crippen LogP contribution in [0, 0.1) is 23.7 Å². The van der Waals surface area contributed by atoms with Gasteiger partial charge in [0.1, 0.15) is 5.82 Å². The second kappa shape index (κ2) is 6.73. The third-order valence-electron chi connectivity index (χ3n) is 7.40. The Bertz CT molecular complexity index is 882. The fraction of sp³-hybridized carbons (Fsp3) is 0.565. The smallest absolute Gasteiger partial charge is 0.217 e. The molecule has 5 nitrogen and oxygen atoms in total. The van der Waals surface area contributed by atoms with E-state index in [-0.39, 0.29) is 18.1 Å². The SMILES string of the molecule is CC(=O)NC1(c2cccc3nc(NCCO)ccc23)C2CC3CC(C2)CC1C3. The Kier molecular flexibility index (Phi) is 4.31. The van der Waals surface area contributed by atoms with E-state index in [9.17, 15) is 4.79 Å². The first-order valence-corrected chi connectivity index (χ1v) is 10.6.